The molecule has 31 heavy (non-hydrogen) atoms. The highest BCUT2D eigenvalue weighted by molar-refractivity contribution is 7.20. The molecule has 162 valence electrons. The Morgan fingerprint density at radius 3 is 2.94 bits per heavy atom. The molecule has 0 unspecified atom stereocenters. The van der Waals surface area contributed by atoms with Crippen LogP contribution in [0.15, 0.2) is 48.5 Å². The van der Waals surface area contributed by atoms with E-state index in [4.69, 9.17) is 4.74 Å². The first-order valence-electron chi connectivity index (χ1n) is 10.8. The minimum absolute atomic E-state index is 0.150. The number of fused-ring (bicyclic) bond motifs is 3. The number of nitrogens with zero attached hydrogens (tertiary/aromatic N) is 3. The normalized spacial score (nSPS) is 22.9. The van der Waals surface area contributed by atoms with Crippen LogP contribution in [0.1, 0.15) is 25.8 Å². The average molecular weight is 439 g/mol. The largest absolute Gasteiger partial charge is 0.431 e. The van der Waals surface area contributed by atoms with Gasteiger partial charge in [0.1, 0.15) is 17.9 Å². The molecule has 1 aromatic heterocycles. The predicted molar refractivity (Wildman–Crippen MR) is 121 cm³/mol. The molecule has 0 aliphatic carbocycles. The molecule has 5 rings (SSSR count). The number of hydrogen-bond acceptors (Lipinski definition) is 5. The molecule has 2 fully saturated rings. The maximum absolute atomic E-state index is 12.6. The summed E-state index contributed by atoms with van der Waals surface area (Å²) < 4.78 is 8.09. The number of ether oxygens (including phenoxy) is 1. The highest BCUT2D eigenvalue weighted by Crippen LogP contribution is 2.35. The Hall–Kier alpha value is -2.48. The van der Waals surface area contributed by atoms with Gasteiger partial charge in [0.15, 0.2) is 6.67 Å². The van der Waals surface area contributed by atoms with Gasteiger partial charge in [-0.25, -0.2) is 4.98 Å². The zero-order valence-electron chi connectivity index (χ0n) is 18.0. The van der Waals surface area contributed by atoms with Gasteiger partial charge in [0.25, 0.3) is 11.1 Å². The fourth-order valence-electron chi connectivity index (χ4n) is 4.86. The Morgan fingerprint density at radius 1 is 1.29 bits per heavy atom. The Labute approximate surface area is 186 Å². The first-order valence-corrected chi connectivity index (χ1v) is 11.6. The molecule has 0 radical (unpaired) electrons. The molecule has 0 saturated carbocycles. The van der Waals surface area contributed by atoms with Gasteiger partial charge in [0.2, 0.25) is 0 Å². The maximum Gasteiger partial charge on any atom is 0.279 e. The van der Waals surface area contributed by atoms with Gasteiger partial charge in [0.05, 0.1) is 29.3 Å². The molecule has 1 amide bonds. The second-order valence-corrected chi connectivity index (χ2v) is 10.3. The molecule has 2 atom stereocenters. The number of carbonyl (C=O) groups excluding carboxylic acids is 1. The molecule has 2 aromatic carbocycles. The van der Waals surface area contributed by atoms with E-state index in [1.54, 1.807) is 25.2 Å². The summed E-state index contributed by atoms with van der Waals surface area (Å²) in [5.41, 5.74) is 0.876. The van der Waals surface area contributed by atoms with Gasteiger partial charge in [0, 0.05) is 12.8 Å². The third-order valence-electron chi connectivity index (χ3n) is 6.46. The molecule has 3 aromatic rings. The topological polar surface area (TPSA) is 62.7 Å². The van der Waals surface area contributed by atoms with Crippen LogP contribution in [-0.2, 0) is 11.2 Å². The number of amides is 1. The summed E-state index contributed by atoms with van der Waals surface area (Å²) in [6.07, 6.45) is 1.94. The first-order chi connectivity index (χ1) is 14.8. The first kappa shape index (κ1) is 20.4. The minimum atomic E-state index is -1.30. The van der Waals surface area contributed by atoms with Gasteiger partial charge in [-0.15, -0.1) is 0 Å². The van der Waals surface area contributed by atoms with Gasteiger partial charge < -0.3 is 14.3 Å². The number of aromatic nitrogens is 1. The van der Waals surface area contributed by atoms with Crippen molar-refractivity contribution in [2.75, 3.05) is 26.3 Å². The number of benzene rings is 2. The molecule has 6 nitrogen and oxygen atoms in total. The van der Waals surface area contributed by atoms with Gasteiger partial charge in [-0.3, -0.25) is 9.69 Å². The van der Waals surface area contributed by atoms with Crippen LogP contribution in [0, 0.1) is 0 Å². The molecular formula is C24H28N3O3S+. The zero-order valence-corrected chi connectivity index (χ0v) is 18.8. The highest BCUT2D eigenvalue weighted by atomic mass is 32.1. The fourth-order valence-corrected chi connectivity index (χ4v) is 5.69. The van der Waals surface area contributed by atoms with Gasteiger partial charge in [-0.1, -0.05) is 35.6 Å². The molecule has 2 bridgehead atoms. The monoisotopic (exact) mass is 438 g/mol. The second kappa shape index (κ2) is 7.58. The fraction of sp³-hybridized carbons (Fsp3) is 0.417. The summed E-state index contributed by atoms with van der Waals surface area (Å²) in [6, 6.07) is 16.5. The van der Waals surface area contributed by atoms with Gasteiger partial charge >= 0.3 is 0 Å². The van der Waals surface area contributed by atoms with E-state index in [0.29, 0.717) is 11.9 Å². The number of para-hydroxylation sites is 1. The van der Waals surface area contributed by atoms with Crippen molar-refractivity contribution >= 4 is 27.5 Å². The third kappa shape index (κ3) is 4.05. The Kier molecular flexibility index (Phi) is 5.00. The quantitative estimate of drug-likeness (QED) is 0.595. The standard InChI is InChI=1S/C24H28N3O3S/c1-24(2,29)22(28)26-16-27(13-11-18(26)15-27)12-10-17-6-5-7-19(14-17)30-23-25-20-8-3-4-9-21(20)31-23/h3-9,14,18,29H,10-13,15-16H2,1-2H3/q+1/t18-,27+/m0/s1. The van der Waals surface area contributed by atoms with E-state index in [1.165, 1.54) is 5.56 Å². The molecule has 3 heterocycles. The summed E-state index contributed by atoms with van der Waals surface area (Å²) in [4.78, 5) is 19.1. The van der Waals surface area contributed by atoms with Crippen molar-refractivity contribution in [3.8, 4) is 10.9 Å². The SMILES string of the molecule is CC(C)(O)C(=O)N1C[N@+]2(CCc3cccc(Oc4nc5ccccc5s4)c3)CC[C@H]1C2. The summed E-state index contributed by atoms with van der Waals surface area (Å²) in [6.45, 7) is 6.94. The van der Waals surface area contributed by atoms with Crippen molar-refractivity contribution in [2.45, 2.75) is 38.3 Å². The van der Waals surface area contributed by atoms with E-state index in [-0.39, 0.29) is 11.9 Å². The van der Waals surface area contributed by atoms with Crippen LogP contribution in [-0.4, -0.2) is 63.3 Å². The van der Waals surface area contributed by atoms with Crippen LogP contribution in [0.2, 0.25) is 0 Å². The average Bonchev–Trinajstić information content (AvgIpc) is 3.44. The van der Waals surface area contributed by atoms with Crippen LogP contribution in [0.25, 0.3) is 10.2 Å². The lowest BCUT2D eigenvalue weighted by molar-refractivity contribution is -0.913. The van der Waals surface area contributed by atoms with Crippen LogP contribution >= 0.6 is 11.3 Å². The number of hydrogen-bond donors (Lipinski definition) is 1. The van der Waals surface area contributed by atoms with E-state index in [9.17, 15) is 9.90 Å². The molecule has 2 aliphatic heterocycles. The molecule has 1 N–H and O–H groups in total. The summed E-state index contributed by atoms with van der Waals surface area (Å²) >= 11 is 1.55. The van der Waals surface area contributed by atoms with Crippen molar-refractivity contribution in [3.63, 3.8) is 0 Å². The number of rotatable bonds is 6. The Balaban J connectivity index is 1.25. The van der Waals surface area contributed by atoms with Crippen molar-refractivity contribution in [1.29, 1.82) is 0 Å². The Morgan fingerprint density at radius 2 is 2.13 bits per heavy atom. The van der Waals surface area contributed by atoms with Gasteiger partial charge in [-0.2, -0.15) is 0 Å². The summed E-state index contributed by atoms with van der Waals surface area (Å²) in [5, 5.41) is 10.8. The van der Waals surface area contributed by atoms with E-state index < -0.39 is 5.60 Å². The van der Waals surface area contributed by atoms with E-state index in [1.807, 2.05) is 35.2 Å². The van der Waals surface area contributed by atoms with Crippen molar-refractivity contribution in [2.24, 2.45) is 0 Å². The van der Waals surface area contributed by atoms with Crippen LogP contribution in [0.3, 0.4) is 0 Å². The van der Waals surface area contributed by atoms with Crippen LogP contribution in [0.4, 0.5) is 0 Å². The Bertz CT molecular complexity index is 1090. The summed E-state index contributed by atoms with van der Waals surface area (Å²) in [7, 11) is 0. The lowest BCUT2D eigenvalue weighted by Crippen LogP contribution is -2.54. The van der Waals surface area contributed by atoms with Crippen molar-refractivity contribution < 1.29 is 19.1 Å². The molecule has 7 heteroatoms. The third-order valence-corrected chi connectivity index (χ3v) is 7.38. The predicted octanol–water partition coefficient (Wildman–Crippen LogP) is 3.79. The minimum Gasteiger partial charge on any atom is -0.431 e. The number of aliphatic hydroxyl groups is 1. The van der Waals surface area contributed by atoms with Crippen molar-refractivity contribution in [3.05, 3.63) is 54.1 Å². The molecule has 2 aliphatic rings. The van der Waals surface area contributed by atoms with E-state index >= 15 is 0 Å². The summed E-state index contributed by atoms with van der Waals surface area (Å²) in [5.74, 6) is 0.652. The smallest absolute Gasteiger partial charge is 0.279 e. The highest BCUT2D eigenvalue weighted by Gasteiger charge is 2.53. The number of carbonyl (C=O) groups is 1. The molecular weight excluding hydrogens is 410 g/mol. The zero-order chi connectivity index (χ0) is 21.6. The van der Waals surface area contributed by atoms with E-state index in [2.05, 4.69) is 23.2 Å². The lowest BCUT2D eigenvalue weighted by atomic mass is 10.1. The number of quaternary nitrogens is 1. The van der Waals surface area contributed by atoms with Crippen molar-refractivity contribution in [1.82, 2.24) is 9.88 Å². The lowest BCUT2D eigenvalue weighted by Gasteiger charge is -2.36. The maximum atomic E-state index is 12.6. The second-order valence-electron chi connectivity index (χ2n) is 9.34. The number of thiazole rings is 1. The van der Waals surface area contributed by atoms with Crippen LogP contribution < -0.4 is 4.74 Å². The molecule has 2 saturated heterocycles. The van der Waals surface area contributed by atoms with Crippen LogP contribution in [0.5, 0.6) is 10.9 Å². The van der Waals surface area contributed by atoms with Gasteiger partial charge in [-0.05, 0) is 43.7 Å². The van der Waals surface area contributed by atoms with E-state index in [0.717, 1.165) is 52.9 Å². The molecule has 0 spiro atoms.